The van der Waals surface area contributed by atoms with Gasteiger partial charge in [0.25, 0.3) is 0 Å². The van der Waals surface area contributed by atoms with Crippen LogP contribution in [0.2, 0.25) is 0 Å². The first-order valence-corrected chi connectivity index (χ1v) is 6.71. The third kappa shape index (κ3) is 2.88. The zero-order valence-corrected chi connectivity index (χ0v) is 11.1. The lowest BCUT2D eigenvalue weighted by Crippen LogP contribution is -2.43. The van der Waals surface area contributed by atoms with E-state index in [0.29, 0.717) is 6.04 Å². The van der Waals surface area contributed by atoms with Crippen molar-refractivity contribution in [3.05, 3.63) is 34.9 Å². The molecule has 94 valence electrons. The summed E-state index contributed by atoms with van der Waals surface area (Å²) in [6.07, 6.45) is 3.92. The van der Waals surface area contributed by atoms with Crippen molar-refractivity contribution in [1.82, 2.24) is 4.90 Å². The fourth-order valence-electron chi connectivity index (χ4n) is 2.74. The number of likely N-dealkylation sites (tertiary alicyclic amines) is 1. The molecule has 1 aliphatic rings. The van der Waals surface area contributed by atoms with Crippen LogP contribution in [0.1, 0.15) is 36.0 Å². The number of rotatable bonds is 3. The highest BCUT2D eigenvalue weighted by atomic mass is 15.2. The van der Waals surface area contributed by atoms with Crippen LogP contribution < -0.4 is 5.73 Å². The zero-order chi connectivity index (χ0) is 12.3. The van der Waals surface area contributed by atoms with Gasteiger partial charge in [-0.3, -0.25) is 4.90 Å². The number of nitrogens with zero attached hydrogens (tertiary/aromatic N) is 1. The first kappa shape index (κ1) is 12.6. The lowest BCUT2D eigenvalue weighted by molar-refractivity contribution is 0.144. The second-order valence-corrected chi connectivity index (χ2v) is 5.21. The quantitative estimate of drug-likeness (QED) is 0.868. The molecule has 0 radical (unpaired) electrons. The average molecular weight is 232 g/mol. The molecule has 1 aliphatic heterocycles. The van der Waals surface area contributed by atoms with Gasteiger partial charge in [-0.1, -0.05) is 24.6 Å². The highest BCUT2D eigenvalue weighted by Crippen LogP contribution is 2.21. The zero-order valence-electron chi connectivity index (χ0n) is 11.1. The predicted octanol–water partition coefficient (Wildman–Crippen LogP) is 2.62. The third-order valence-corrected chi connectivity index (χ3v) is 4.11. The summed E-state index contributed by atoms with van der Waals surface area (Å²) >= 11 is 0. The molecule has 1 unspecified atom stereocenters. The lowest BCUT2D eigenvalue weighted by Gasteiger charge is -2.35. The van der Waals surface area contributed by atoms with E-state index in [9.17, 15) is 0 Å². The third-order valence-electron chi connectivity index (χ3n) is 4.11. The SMILES string of the molecule is Cc1cccc(CN2CCCCC2CN)c1C. The van der Waals surface area contributed by atoms with Crippen LogP contribution in [0, 0.1) is 13.8 Å². The largest absolute Gasteiger partial charge is 0.329 e. The molecule has 1 fully saturated rings. The second kappa shape index (κ2) is 5.65. The summed E-state index contributed by atoms with van der Waals surface area (Å²) in [6.45, 7) is 7.48. The van der Waals surface area contributed by atoms with Gasteiger partial charge in [-0.05, 0) is 49.9 Å². The van der Waals surface area contributed by atoms with Crippen LogP contribution >= 0.6 is 0 Å². The van der Waals surface area contributed by atoms with Crippen molar-refractivity contribution in [2.24, 2.45) is 5.73 Å². The van der Waals surface area contributed by atoms with Crippen LogP contribution in [-0.4, -0.2) is 24.0 Å². The van der Waals surface area contributed by atoms with Gasteiger partial charge < -0.3 is 5.73 Å². The van der Waals surface area contributed by atoms with E-state index in [1.165, 1.54) is 42.5 Å². The van der Waals surface area contributed by atoms with Crippen molar-refractivity contribution in [3.8, 4) is 0 Å². The van der Waals surface area contributed by atoms with Crippen molar-refractivity contribution >= 4 is 0 Å². The van der Waals surface area contributed by atoms with E-state index < -0.39 is 0 Å². The summed E-state index contributed by atoms with van der Waals surface area (Å²) in [5, 5.41) is 0. The summed E-state index contributed by atoms with van der Waals surface area (Å²) < 4.78 is 0. The molecule has 2 nitrogen and oxygen atoms in total. The summed E-state index contributed by atoms with van der Waals surface area (Å²) in [6, 6.07) is 7.20. The molecular weight excluding hydrogens is 208 g/mol. The molecule has 0 spiro atoms. The van der Waals surface area contributed by atoms with Crippen LogP contribution in [0.5, 0.6) is 0 Å². The minimum absolute atomic E-state index is 0.587. The van der Waals surface area contributed by atoms with Crippen molar-refractivity contribution in [2.45, 2.75) is 45.7 Å². The molecule has 17 heavy (non-hydrogen) atoms. The van der Waals surface area contributed by atoms with Gasteiger partial charge in [0.05, 0.1) is 0 Å². The number of aryl methyl sites for hydroxylation is 1. The molecule has 0 aromatic heterocycles. The maximum Gasteiger partial charge on any atom is 0.0239 e. The normalized spacial score (nSPS) is 21.7. The predicted molar refractivity (Wildman–Crippen MR) is 73.0 cm³/mol. The lowest BCUT2D eigenvalue weighted by atomic mass is 9.98. The Hall–Kier alpha value is -0.860. The van der Waals surface area contributed by atoms with Crippen molar-refractivity contribution in [3.63, 3.8) is 0 Å². The van der Waals surface area contributed by atoms with Crippen LogP contribution in [-0.2, 0) is 6.54 Å². The molecule has 0 amide bonds. The van der Waals surface area contributed by atoms with Crippen molar-refractivity contribution < 1.29 is 0 Å². The molecule has 0 bridgehead atoms. The number of hydrogen-bond donors (Lipinski definition) is 1. The van der Waals surface area contributed by atoms with E-state index in [0.717, 1.165) is 13.1 Å². The maximum atomic E-state index is 5.87. The fraction of sp³-hybridized carbons (Fsp3) is 0.600. The van der Waals surface area contributed by atoms with Gasteiger partial charge in [0.1, 0.15) is 0 Å². The Bertz CT molecular complexity index is 373. The Balaban J connectivity index is 2.11. The topological polar surface area (TPSA) is 29.3 Å². The molecule has 0 saturated carbocycles. The highest BCUT2D eigenvalue weighted by Gasteiger charge is 2.21. The smallest absolute Gasteiger partial charge is 0.0239 e. The summed E-state index contributed by atoms with van der Waals surface area (Å²) in [7, 11) is 0. The van der Waals surface area contributed by atoms with E-state index in [-0.39, 0.29) is 0 Å². The number of hydrogen-bond acceptors (Lipinski definition) is 2. The van der Waals surface area contributed by atoms with Crippen LogP contribution in [0.4, 0.5) is 0 Å². The molecule has 2 heteroatoms. The Morgan fingerprint density at radius 2 is 2.12 bits per heavy atom. The van der Waals surface area contributed by atoms with Crippen molar-refractivity contribution in [1.29, 1.82) is 0 Å². The first-order chi connectivity index (χ1) is 8.22. The summed E-state index contributed by atoms with van der Waals surface area (Å²) in [5.74, 6) is 0. The van der Waals surface area contributed by atoms with E-state index in [4.69, 9.17) is 5.73 Å². The molecule has 1 atom stereocenters. The molecule has 1 saturated heterocycles. The van der Waals surface area contributed by atoms with E-state index in [2.05, 4.69) is 36.9 Å². The van der Waals surface area contributed by atoms with Gasteiger partial charge in [-0.15, -0.1) is 0 Å². The monoisotopic (exact) mass is 232 g/mol. The van der Waals surface area contributed by atoms with Crippen LogP contribution in [0.25, 0.3) is 0 Å². The Kier molecular flexibility index (Phi) is 4.19. The highest BCUT2D eigenvalue weighted by molar-refractivity contribution is 5.33. The van der Waals surface area contributed by atoms with Crippen molar-refractivity contribution in [2.75, 3.05) is 13.1 Å². The minimum atomic E-state index is 0.587. The summed E-state index contributed by atoms with van der Waals surface area (Å²) in [5.41, 5.74) is 10.2. The maximum absolute atomic E-state index is 5.87. The Labute approximate surface area is 105 Å². The second-order valence-electron chi connectivity index (χ2n) is 5.21. The van der Waals surface area contributed by atoms with E-state index in [1.54, 1.807) is 0 Å². The number of nitrogens with two attached hydrogens (primary N) is 1. The van der Waals surface area contributed by atoms with Gasteiger partial charge in [0.2, 0.25) is 0 Å². The molecule has 2 N–H and O–H groups in total. The first-order valence-electron chi connectivity index (χ1n) is 6.71. The van der Waals surface area contributed by atoms with Gasteiger partial charge in [-0.25, -0.2) is 0 Å². The molecule has 1 aromatic rings. The molecule has 1 heterocycles. The van der Waals surface area contributed by atoms with Gasteiger partial charge in [0.15, 0.2) is 0 Å². The van der Waals surface area contributed by atoms with E-state index >= 15 is 0 Å². The van der Waals surface area contributed by atoms with Gasteiger partial charge in [0, 0.05) is 19.1 Å². The Morgan fingerprint density at radius 1 is 1.29 bits per heavy atom. The van der Waals surface area contributed by atoms with Gasteiger partial charge >= 0.3 is 0 Å². The molecular formula is C15H24N2. The Morgan fingerprint density at radius 3 is 2.88 bits per heavy atom. The number of benzene rings is 1. The minimum Gasteiger partial charge on any atom is -0.329 e. The fourth-order valence-corrected chi connectivity index (χ4v) is 2.74. The number of piperidine rings is 1. The molecule has 2 rings (SSSR count). The summed E-state index contributed by atoms with van der Waals surface area (Å²) in [4.78, 5) is 2.56. The van der Waals surface area contributed by atoms with Crippen LogP contribution in [0.15, 0.2) is 18.2 Å². The standard InChI is InChI=1S/C15H24N2/c1-12-6-5-7-14(13(12)2)11-17-9-4-3-8-15(17)10-16/h5-7,15H,3-4,8-11,16H2,1-2H3. The van der Waals surface area contributed by atoms with Gasteiger partial charge in [-0.2, -0.15) is 0 Å². The van der Waals surface area contributed by atoms with Crippen LogP contribution in [0.3, 0.4) is 0 Å². The molecule has 0 aliphatic carbocycles. The molecule has 1 aromatic carbocycles. The average Bonchev–Trinajstić information content (AvgIpc) is 2.35. The van der Waals surface area contributed by atoms with E-state index in [1.807, 2.05) is 0 Å².